The van der Waals surface area contributed by atoms with Crippen molar-refractivity contribution in [3.63, 3.8) is 0 Å². The average Bonchev–Trinajstić information content (AvgIpc) is 2.27. The van der Waals surface area contributed by atoms with E-state index >= 15 is 0 Å². The summed E-state index contributed by atoms with van der Waals surface area (Å²) in [5, 5.41) is 9.25. The zero-order valence-electron chi connectivity index (χ0n) is 9.60. The van der Waals surface area contributed by atoms with E-state index in [0.29, 0.717) is 4.90 Å². The fourth-order valence-electron chi connectivity index (χ4n) is 1.25. The van der Waals surface area contributed by atoms with Gasteiger partial charge >= 0.3 is 11.9 Å². The molecule has 0 unspecified atom stereocenters. The van der Waals surface area contributed by atoms with Crippen LogP contribution in [-0.2, 0) is 9.53 Å². The first kappa shape index (κ1) is 14.7. The molecule has 0 radical (unpaired) electrons. The molecule has 3 N–H and O–H groups in total. The highest BCUT2D eigenvalue weighted by atomic mass is 35.5. The second kappa shape index (κ2) is 6.51. The molecule has 0 amide bonds. The van der Waals surface area contributed by atoms with E-state index in [1.54, 1.807) is 6.92 Å². The van der Waals surface area contributed by atoms with E-state index in [1.807, 2.05) is 0 Å². The molecule has 1 rings (SSSR count). The van der Waals surface area contributed by atoms with E-state index in [4.69, 9.17) is 27.2 Å². The lowest BCUT2D eigenvalue weighted by molar-refractivity contribution is -0.139. The molecule has 0 aromatic heterocycles. The number of carboxylic acid groups (broad SMARTS) is 1. The summed E-state index contributed by atoms with van der Waals surface area (Å²) < 4.78 is 4.75. The fraction of sp³-hybridized carbons (Fsp3) is 0.273. The first-order valence-corrected chi connectivity index (χ1v) is 6.42. The number of carboxylic acids is 1. The van der Waals surface area contributed by atoms with Crippen LogP contribution >= 0.6 is 23.4 Å². The number of benzene rings is 1. The van der Waals surface area contributed by atoms with E-state index in [1.165, 1.54) is 12.1 Å². The minimum atomic E-state index is -1.14. The van der Waals surface area contributed by atoms with Crippen LogP contribution in [-0.4, -0.2) is 29.4 Å². The molecular formula is C11H12ClNO4S. The number of halogens is 1. The standard InChI is InChI=1S/C11H12ClNO4S/c1-2-17-9(14)5-18-10-7(11(15)16)3-6(13)4-8(10)12/h3-4H,2,5,13H2,1H3,(H,15,16). The Hall–Kier alpha value is -1.40. The van der Waals surface area contributed by atoms with Crippen LogP contribution in [0.25, 0.3) is 0 Å². The number of rotatable bonds is 5. The maximum Gasteiger partial charge on any atom is 0.336 e. The smallest absolute Gasteiger partial charge is 0.336 e. The van der Waals surface area contributed by atoms with Crippen molar-refractivity contribution in [2.24, 2.45) is 0 Å². The summed E-state index contributed by atoms with van der Waals surface area (Å²) in [6.07, 6.45) is 0. The highest BCUT2D eigenvalue weighted by Gasteiger charge is 2.16. The molecule has 1 aromatic rings. The monoisotopic (exact) mass is 289 g/mol. The lowest BCUT2D eigenvalue weighted by Gasteiger charge is -2.09. The summed E-state index contributed by atoms with van der Waals surface area (Å²) in [6, 6.07) is 2.75. The molecule has 7 heteroatoms. The predicted octanol–water partition coefficient (Wildman–Crippen LogP) is 2.28. The lowest BCUT2D eigenvalue weighted by atomic mass is 10.2. The van der Waals surface area contributed by atoms with Crippen molar-refractivity contribution in [1.29, 1.82) is 0 Å². The van der Waals surface area contributed by atoms with Gasteiger partial charge in [0.2, 0.25) is 0 Å². The van der Waals surface area contributed by atoms with Crippen molar-refractivity contribution >= 4 is 41.0 Å². The highest BCUT2D eigenvalue weighted by molar-refractivity contribution is 8.00. The van der Waals surface area contributed by atoms with Crippen LogP contribution in [0.5, 0.6) is 0 Å². The van der Waals surface area contributed by atoms with Crippen LogP contribution in [0.1, 0.15) is 17.3 Å². The van der Waals surface area contributed by atoms with E-state index in [9.17, 15) is 9.59 Å². The Kier molecular flexibility index (Phi) is 5.30. The van der Waals surface area contributed by atoms with Crippen molar-refractivity contribution in [2.45, 2.75) is 11.8 Å². The zero-order chi connectivity index (χ0) is 13.7. The van der Waals surface area contributed by atoms with Crippen LogP contribution in [0.4, 0.5) is 5.69 Å². The number of thioether (sulfide) groups is 1. The molecule has 0 saturated heterocycles. The molecule has 18 heavy (non-hydrogen) atoms. The Morgan fingerprint density at radius 2 is 2.17 bits per heavy atom. The Morgan fingerprint density at radius 3 is 2.72 bits per heavy atom. The summed E-state index contributed by atoms with van der Waals surface area (Å²) >= 11 is 6.94. The van der Waals surface area contributed by atoms with Gasteiger partial charge in [0.05, 0.1) is 22.9 Å². The van der Waals surface area contributed by atoms with Crippen LogP contribution in [0.15, 0.2) is 17.0 Å². The van der Waals surface area contributed by atoms with Gasteiger partial charge in [-0.3, -0.25) is 4.79 Å². The zero-order valence-corrected chi connectivity index (χ0v) is 11.2. The minimum absolute atomic E-state index is 0.00222. The van der Waals surface area contributed by atoms with E-state index in [2.05, 4.69) is 0 Å². The normalized spacial score (nSPS) is 10.1. The quantitative estimate of drug-likeness (QED) is 0.491. The third-order valence-electron chi connectivity index (χ3n) is 1.94. The summed E-state index contributed by atoms with van der Waals surface area (Å²) in [5.41, 5.74) is 5.76. The number of anilines is 1. The van der Waals surface area contributed by atoms with Gasteiger partial charge in [-0.05, 0) is 19.1 Å². The number of esters is 1. The van der Waals surface area contributed by atoms with Crippen LogP contribution < -0.4 is 5.73 Å². The van der Waals surface area contributed by atoms with Crippen molar-refractivity contribution in [3.05, 3.63) is 22.7 Å². The summed E-state index contributed by atoms with van der Waals surface area (Å²) in [4.78, 5) is 22.6. The molecule has 0 bridgehead atoms. The highest BCUT2D eigenvalue weighted by Crippen LogP contribution is 2.33. The molecular weight excluding hydrogens is 278 g/mol. The molecule has 0 atom stereocenters. The third-order valence-corrected chi connectivity index (χ3v) is 3.45. The number of carbonyl (C=O) groups is 2. The number of hydrogen-bond acceptors (Lipinski definition) is 5. The topological polar surface area (TPSA) is 89.6 Å². The molecule has 0 aliphatic rings. The van der Waals surface area contributed by atoms with E-state index in [0.717, 1.165) is 11.8 Å². The number of carbonyl (C=O) groups excluding carboxylic acids is 1. The Labute approximate surface area is 113 Å². The molecule has 1 aromatic carbocycles. The number of aromatic carboxylic acids is 1. The van der Waals surface area contributed by atoms with Gasteiger partial charge in [0, 0.05) is 10.6 Å². The predicted molar refractivity (Wildman–Crippen MR) is 70.2 cm³/mol. The van der Waals surface area contributed by atoms with Crippen molar-refractivity contribution in [2.75, 3.05) is 18.1 Å². The summed E-state index contributed by atoms with van der Waals surface area (Å²) in [6.45, 7) is 1.97. The van der Waals surface area contributed by atoms with E-state index in [-0.39, 0.29) is 28.6 Å². The van der Waals surface area contributed by atoms with Crippen LogP contribution in [0, 0.1) is 0 Å². The molecule has 0 fully saturated rings. The second-order valence-electron chi connectivity index (χ2n) is 3.28. The second-order valence-corrected chi connectivity index (χ2v) is 4.67. The van der Waals surface area contributed by atoms with Crippen molar-refractivity contribution < 1.29 is 19.4 Å². The number of ether oxygens (including phenoxy) is 1. The molecule has 0 heterocycles. The lowest BCUT2D eigenvalue weighted by Crippen LogP contribution is -2.08. The van der Waals surface area contributed by atoms with Gasteiger partial charge in [-0.2, -0.15) is 0 Å². The van der Waals surface area contributed by atoms with Crippen LogP contribution in [0.3, 0.4) is 0 Å². The van der Waals surface area contributed by atoms with Crippen LogP contribution in [0.2, 0.25) is 5.02 Å². The summed E-state index contributed by atoms with van der Waals surface area (Å²) in [7, 11) is 0. The van der Waals surface area contributed by atoms with Crippen molar-refractivity contribution in [1.82, 2.24) is 0 Å². The molecule has 0 saturated carbocycles. The number of nitrogen functional groups attached to an aromatic ring is 1. The average molecular weight is 290 g/mol. The number of hydrogen-bond donors (Lipinski definition) is 2. The van der Waals surface area contributed by atoms with Gasteiger partial charge in [0.25, 0.3) is 0 Å². The van der Waals surface area contributed by atoms with Gasteiger partial charge in [0.15, 0.2) is 0 Å². The number of nitrogens with two attached hydrogens (primary N) is 1. The van der Waals surface area contributed by atoms with Crippen molar-refractivity contribution in [3.8, 4) is 0 Å². The van der Waals surface area contributed by atoms with Gasteiger partial charge in [-0.25, -0.2) is 4.79 Å². The summed E-state index contributed by atoms with van der Waals surface area (Å²) in [5.74, 6) is -1.57. The molecule has 0 aliphatic heterocycles. The molecule has 98 valence electrons. The maximum absolute atomic E-state index is 11.2. The first-order chi connectivity index (χ1) is 8.45. The van der Waals surface area contributed by atoms with Gasteiger partial charge in [-0.1, -0.05) is 11.6 Å². The van der Waals surface area contributed by atoms with Gasteiger partial charge in [-0.15, -0.1) is 11.8 Å². The molecule has 0 spiro atoms. The Morgan fingerprint density at radius 1 is 1.50 bits per heavy atom. The molecule has 0 aliphatic carbocycles. The van der Waals surface area contributed by atoms with Gasteiger partial charge < -0.3 is 15.6 Å². The minimum Gasteiger partial charge on any atom is -0.478 e. The van der Waals surface area contributed by atoms with Gasteiger partial charge in [0.1, 0.15) is 0 Å². The largest absolute Gasteiger partial charge is 0.478 e. The van der Waals surface area contributed by atoms with E-state index < -0.39 is 11.9 Å². The third kappa shape index (κ3) is 3.82. The fourth-order valence-corrected chi connectivity index (χ4v) is 2.49. The first-order valence-electron chi connectivity index (χ1n) is 5.06. The SMILES string of the molecule is CCOC(=O)CSc1c(Cl)cc(N)cc1C(=O)O. The Bertz CT molecular complexity index is 478. The Balaban J connectivity index is 2.93. The molecule has 5 nitrogen and oxygen atoms in total. The maximum atomic E-state index is 11.2.